The number of piperidine rings is 1. The Bertz CT molecular complexity index is 1160. The van der Waals surface area contributed by atoms with Gasteiger partial charge in [0.05, 0.1) is 5.69 Å². The van der Waals surface area contributed by atoms with E-state index < -0.39 is 0 Å². The number of aromatic amines is 1. The van der Waals surface area contributed by atoms with Crippen LogP contribution in [0.15, 0.2) is 42.5 Å². The molecule has 2 atom stereocenters. The lowest BCUT2D eigenvalue weighted by atomic mass is 10.1. The molecule has 8 heteroatoms. The monoisotopic (exact) mass is 443 g/mol. The van der Waals surface area contributed by atoms with Crippen LogP contribution < -0.4 is 10.2 Å². The number of aromatic nitrogens is 4. The lowest BCUT2D eigenvalue weighted by Crippen LogP contribution is -2.32. The van der Waals surface area contributed by atoms with Gasteiger partial charge in [-0.05, 0) is 30.2 Å². The Kier molecular flexibility index (Phi) is 4.81. The second kappa shape index (κ2) is 7.86. The molecular weight excluding hydrogens is 414 g/mol. The minimum atomic E-state index is 0.159. The first-order valence-electron chi connectivity index (χ1n) is 11.8. The molecule has 3 aromatic rings. The van der Waals surface area contributed by atoms with E-state index in [1.807, 2.05) is 26.2 Å². The molecule has 3 aliphatic rings. The van der Waals surface area contributed by atoms with Gasteiger partial charge < -0.3 is 15.1 Å². The van der Waals surface area contributed by atoms with Gasteiger partial charge in [0.25, 0.3) is 0 Å². The average molecular weight is 444 g/mol. The summed E-state index contributed by atoms with van der Waals surface area (Å²) < 4.78 is 0. The summed E-state index contributed by atoms with van der Waals surface area (Å²) in [4.78, 5) is 26.1. The molecule has 0 radical (unpaired) electrons. The topological polar surface area (TPSA) is 90.0 Å². The zero-order valence-electron chi connectivity index (χ0n) is 19.0. The van der Waals surface area contributed by atoms with Gasteiger partial charge >= 0.3 is 0 Å². The fourth-order valence-corrected chi connectivity index (χ4v) is 5.07. The maximum Gasteiger partial charge on any atom is 0.227 e. The molecule has 2 saturated carbocycles. The molecule has 3 fully saturated rings. The molecule has 2 unspecified atom stereocenters. The molecule has 1 aromatic carbocycles. The smallest absolute Gasteiger partial charge is 0.227 e. The second-order valence-electron chi connectivity index (χ2n) is 9.81. The molecule has 8 nitrogen and oxygen atoms in total. The number of nitrogens with one attached hydrogen (secondary N) is 2. The predicted molar refractivity (Wildman–Crippen MR) is 127 cm³/mol. The maximum absolute atomic E-state index is 12.4. The highest BCUT2D eigenvalue weighted by Gasteiger charge is 2.60. The van der Waals surface area contributed by atoms with E-state index >= 15 is 0 Å². The van der Waals surface area contributed by atoms with Crippen molar-refractivity contribution in [1.82, 2.24) is 25.1 Å². The molecule has 6 rings (SSSR count). The summed E-state index contributed by atoms with van der Waals surface area (Å²) in [5, 5.41) is 11.0. The van der Waals surface area contributed by atoms with Gasteiger partial charge in [0.15, 0.2) is 5.82 Å². The number of rotatable bonds is 7. The Balaban J connectivity index is 1.24. The number of carbonyl (C=O) groups is 1. The highest BCUT2D eigenvalue weighted by Crippen LogP contribution is 2.53. The molecular formula is C25H29N7O. The molecule has 0 bridgehead atoms. The predicted octanol–water partition coefficient (Wildman–Crippen LogP) is 3.18. The SMILES string of the molecule is CN(C)C(=O)C1C2CN(c3nc(Cc4ccccc4)cc(Nc4cc(C5CC5)[nH]n4)n3)CC21. The van der Waals surface area contributed by atoms with Gasteiger partial charge in [-0.15, -0.1) is 0 Å². The quantitative estimate of drug-likeness (QED) is 0.583. The minimum Gasteiger partial charge on any atom is -0.349 e. The van der Waals surface area contributed by atoms with Crippen LogP contribution in [0.4, 0.5) is 17.6 Å². The van der Waals surface area contributed by atoms with Crippen molar-refractivity contribution < 1.29 is 4.79 Å². The number of carbonyl (C=O) groups excluding carboxylic acids is 1. The summed E-state index contributed by atoms with van der Waals surface area (Å²) in [5.41, 5.74) is 3.37. The van der Waals surface area contributed by atoms with E-state index in [1.165, 1.54) is 24.1 Å². The molecule has 2 aliphatic carbocycles. The van der Waals surface area contributed by atoms with E-state index in [-0.39, 0.29) is 11.8 Å². The average Bonchev–Trinajstić information content (AvgIpc) is 3.68. The number of H-pyrrole nitrogens is 1. The van der Waals surface area contributed by atoms with E-state index in [9.17, 15) is 4.79 Å². The van der Waals surface area contributed by atoms with E-state index in [0.29, 0.717) is 17.8 Å². The molecule has 3 heterocycles. The van der Waals surface area contributed by atoms with Crippen LogP contribution in [-0.4, -0.2) is 58.2 Å². The van der Waals surface area contributed by atoms with Crippen LogP contribution in [0.2, 0.25) is 0 Å². The summed E-state index contributed by atoms with van der Waals surface area (Å²) in [6.07, 6.45) is 3.20. The van der Waals surface area contributed by atoms with Gasteiger partial charge in [-0.25, -0.2) is 4.98 Å². The summed E-state index contributed by atoms with van der Waals surface area (Å²) >= 11 is 0. The normalized spacial score (nSPS) is 23.3. The van der Waals surface area contributed by atoms with E-state index in [0.717, 1.165) is 42.8 Å². The first-order chi connectivity index (χ1) is 16.0. The van der Waals surface area contributed by atoms with Crippen molar-refractivity contribution in [2.45, 2.75) is 25.2 Å². The third-order valence-electron chi connectivity index (χ3n) is 7.07. The molecule has 1 saturated heterocycles. The van der Waals surface area contributed by atoms with Gasteiger partial charge in [0.1, 0.15) is 5.82 Å². The van der Waals surface area contributed by atoms with Crippen LogP contribution in [0.5, 0.6) is 0 Å². The summed E-state index contributed by atoms with van der Waals surface area (Å²) in [7, 11) is 3.68. The fraction of sp³-hybridized carbons (Fsp3) is 0.440. The van der Waals surface area contributed by atoms with Gasteiger partial charge in [-0.2, -0.15) is 10.1 Å². The molecule has 0 spiro atoms. The number of hydrogen-bond acceptors (Lipinski definition) is 6. The Morgan fingerprint density at radius 2 is 1.85 bits per heavy atom. The summed E-state index contributed by atoms with van der Waals surface area (Å²) in [6, 6.07) is 14.5. The van der Waals surface area contributed by atoms with Crippen LogP contribution >= 0.6 is 0 Å². The lowest BCUT2D eigenvalue weighted by Gasteiger charge is -2.22. The van der Waals surface area contributed by atoms with Crippen molar-refractivity contribution >= 4 is 23.5 Å². The third kappa shape index (κ3) is 4.05. The van der Waals surface area contributed by atoms with Crippen LogP contribution in [0, 0.1) is 17.8 Å². The Labute approximate surface area is 193 Å². The van der Waals surface area contributed by atoms with Crippen LogP contribution in [-0.2, 0) is 11.2 Å². The van der Waals surface area contributed by atoms with Crippen LogP contribution in [0.3, 0.4) is 0 Å². The van der Waals surface area contributed by atoms with Gasteiger partial charge in [0.2, 0.25) is 11.9 Å². The molecule has 2 N–H and O–H groups in total. The molecule has 170 valence electrons. The summed E-state index contributed by atoms with van der Waals surface area (Å²) in [6.45, 7) is 1.66. The zero-order valence-corrected chi connectivity index (χ0v) is 19.0. The van der Waals surface area contributed by atoms with Crippen molar-refractivity contribution in [2.75, 3.05) is 37.4 Å². The maximum atomic E-state index is 12.4. The molecule has 33 heavy (non-hydrogen) atoms. The van der Waals surface area contributed by atoms with Crippen LogP contribution in [0.25, 0.3) is 0 Å². The minimum absolute atomic E-state index is 0.159. The number of benzene rings is 1. The van der Waals surface area contributed by atoms with Crippen molar-refractivity contribution in [3.8, 4) is 0 Å². The number of anilines is 3. The first kappa shape index (κ1) is 20.2. The number of nitrogens with zero attached hydrogens (tertiary/aromatic N) is 5. The fourth-order valence-electron chi connectivity index (χ4n) is 5.07. The molecule has 1 amide bonds. The zero-order chi connectivity index (χ0) is 22.5. The lowest BCUT2D eigenvalue weighted by molar-refractivity contribution is -0.130. The standard InChI is InChI=1S/C25H29N7O/c1-31(2)24(33)23-18-13-32(14-19(18)23)25-26-17(10-15-6-4-3-5-7-15)11-21(28-25)27-22-12-20(29-30-22)16-8-9-16/h3-7,11-12,16,18-19,23H,8-10,13-14H2,1-2H3,(H2,26,27,28,29,30). The van der Waals surface area contributed by atoms with Gasteiger partial charge in [0, 0.05) is 63.3 Å². The Hall–Kier alpha value is -3.42. The highest BCUT2D eigenvalue weighted by atomic mass is 16.2. The van der Waals surface area contributed by atoms with Crippen molar-refractivity contribution in [3.63, 3.8) is 0 Å². The molecule has 1 aliphatic heterocycles. The van der Waals surface area contributed by atoms with E-state index in [1.54, 1.807) is 4.90 Å². The number of hydrogen-bond donors (Lipinski definition) is 2. The van der Waals surface area contributed by atoms with Crippen molar-refractivity contribution in [1.29, 1.82) is 0 Å². The number of fused-ring (bicyclic) bond motifs is 1. The van der Waals surface area contributed by atoms with Crippen molar-refractivity contribution in [3.05, 3.63) is 59.4 Å². The first-order valence-corrected chi connectivity index (χ1v) is 11.8. The largest absolute Gasteiger partial charge is 0.349 e. The van der Waals surface area contributed by atoms with E-state index in [2.05, 4.69) is 50.7 Å². The van der Waals surface area contributed by atoms with Crippen LogP contribution in [0.1, 0.15) is 35.7 Å². The molecule has 2 aromatic heterocycles. The van der Waals surface area contributed by atoms with Gasteiger partial charge in [-0.3, -0.25) is 9.89 Å². The summed E-state index contributed by atoms with van der Waals surface area (Å²) in [5.74, 6) is 4.11. The Morgan fingerprint density at radius 1 is 1.09 bits per heavy atom. The second-order valence-corrected chi connectivity index (χ2v) is 9.81. The van der Waals surface area contributed by atoms with Crippen molar-refractivity contribution in [2.24, 2.45) is 17.8 Å². The highest BCUT2D eigenvalue weighted by molar-refractivity contribution is 5.82. The Morgan fingerprint density at radius 3 is 2.55 bits per heavy atom. The number of amides is 1. The van der Waals surface area contributed by atoms with E-state index in [4.69, 9.17) is 9.97 Å². The third-order valence-corrected chi connectivity index (χ3v) is 7.07. The van der Waals surface area contributed by atoms with Gasteiger partial charge in [-0.1, -0.05) is 30.3 Å².